The maximum Gasteiger partial charge on any atom is 0.0652 e. The third kappa shape index (κ3) is 5.49. The maximum absolute atomic E-state index is 4.09. The fourth-order valence-corrected chi connectivity index (χ4v) is 10.3. The number of benzene rings is 2. The first-order valence-electron chi connectivity index (χ1n) is 18.8. The largest absolute Gasteiger partial charge is 0.0799 e. The van der Waals surface area contributed by atoms with Gasteiger partial charge in [-0.25, -0.2) is 0 Å². The van der Waals surface area contributed by atoms with Gasteiger partial charge in [0.2, 0.25) is 0 Å². The molecule has 246 valence electrons. The van der Waals surface area contributed by atoms with E-state index in [-0.39, 0.29) is 10.8 Å². The van der Waals surface area contributed by atoms with Gasteiger partial charge >= 0.3 is 0 Å². The summed E-state index contributed by atoms with van der Waals surface area (Å²) in [6.45, 7) is 19.5. The monoisotopic (exact) mass is 678 g/mol. The summed E-state index contributed by atoms with van der Waals surface area (Å²) in [4.78, 5) is 0. The van der Waals surface area contributed by atoms with Crippen molar-refractivity contribution in [3.8, 4) is 0 Å². The van der Waals surface area contributed by atoms with Crippen LogP contribution in [0.1, 0.15) is 154 Å². The second-order valence-electron chi connectivity index (χ2n) is 16.6. The quantitative estimate of drug-likeness (QED) is 0.209. The van der Waals surface area contributed by atoms with Crippen molar-refractivity contribution in [1.29, 1.82) is 0 Å². The molecule has 0 aromatic heterocycles. The summed E-state index contributed by atoms with van der Waals surface area (Å²) in [5.74, 6) is 2.10. The van der Waals surface area contributed by atoms with Gasteiger partial charge in [0.15, 0.2) is 0 Å². The van der Waals surface area contributed by atoms with Crippen LogP contribution in [-0.4, -0.2) is 0 Å². The molecule has 0 saturated heterocycles. The van der Waals surface area contributed by atoms with Gasteiger partial charge in [-0.2, -0.15) is 0 Å². The van der Waals surface area contributed by atoms with Crippen molar-refractivity contribution < 1.29 is 0 Å². The lowest BCUT2D eigenvalue weighted by Crippen LogP contribution is -2.34. The van der Waals surface area contributed by atoms with Crippen LogP contribution in [0.15, 0.2) is 76.3 Å². The third-order valence-corrected chi connectivity index (χ3v) is 13.7. The molecule has 0 saturated carbocycles. The Balaban J connectivity index is 1.52. The van der Waals surface area contributed by atoms with Crippen LogP contribution < -0.4 is 0 Å². The number of hydrogen-bond acceptors (Lipinski definition) is 0. The molecular formula is C45H59Br. The molecule has 2 aromatic rings. The second-order valence-corrected chi connectivity index (χ2v) is 17.4. The van der Waals surface area contributed by atoms with Crippen molar-refractivity contribution in [2.75, 3.05) is 0 Å². The zero-order valence-electron chi connectivity index (χ0n) is 30.2. The number of allylic oxidation sites excluding steroid dienone is 8. The minimum Gasteiger partial charge on any atom is -0.0799 e. The van der Waals surface area contributed by atoms with Crippen molar-refractivity contribution in [3.05, 3.63) is 104 Å². The highest BCUT2D eigenvalue weighted by molar-refractivity contribution is 9.12. The molecule has 0 fully saturated rings. The fourth-order valence-electron chi connectivity index (χ4n) is 9.61. The van der Waals surface area contributed by atoms with E-state index in [9.17, 15) is 0 Å². The van der Waals surface area contributed by atoms with Gasteiger partial charge in [0.1, 0.15) is 0 Å². The van der Waals surface area contributed by atoms with Crippen molar-refractivity contribution >= 4 is 27.1 Å². The Labute approximate surface area is 290 Å². The molecule has 0 radical (unpaired) electrons. The number of fused-ring (bicyclic) bond motifs is 8. The molecule has 0 N–H and O–H groups in total. The molecule has 1 heteroatoms. The van der Waals surface area contributed by atoms with E-state index in [4.69, 9.17) is 0 Å². The molecule has 4 aliphatic rings. The van der Waals surface area contributed by atoms with E-state index in [1.165, 1.54) is 83.7 Å². The lowest BCUT2D eigenvalue weighted by Gasteiger charge is -2.42. The number of hydrogen-bond donors (Lipinski definition) is 0. The summed E-state index contributed by atoms with van der Waals surface area (Å²) in [6.07, 6.45) is 21.3. The van der Waals surface area contributed by atoms with E-state index in [0.29, 0.717) is 11.3 Å². The minimum absolute atomic E-state index is 0.165. The molecule has 4 aliphatic carbocycles. The van der Waals surface area contributed by atoms with Crippen molar-refractivity contribution in [3.63, 3.8) is 0 Å². The molecule has 0 nitrogen and oxygen atoms in total. The predicted molar refractivity (Wildman–Crippen MR) is 204 cm³/mol. The Morgan fingerprint density at radius 2 is 1.57 bits per heavy atom. The lowest BCUT2D eigenvalue weighted by atomic mass is 9.61. The van der Waals surface area contributed by atoms with E-state index in [1.807, 2.05) is 0 Å². The Morgan fingerprint density at radius 1 is 0.848 bits per heavy atom. The molecule has 0 aliphatic heterocycles. The van der Waals surface area contributed by atoms with Crippen LogP contribution in [0.2, 0.25) is 0 Å². The average molecular weight is 680 g/mol. The third-order valence-electron chi connectivity index (χ3n) is 12.9. The minimum atomic E-state index is -0.165. The first-order valence-corrected chi connectivity index (χ1v) is 19.6. The molecule has 0 heterocycles. The van der Waals surface area contributed by atoms with E-state index in [0.717, 1.165) is 31.1 Å². The Hall–Kier alpha value is -2.12. The molecule has 0 bridgehead atoms. The zero-order valence-corrected chi connectivity index (χ0v) is 31.7. The van der Waals surface area contributed by atoms with Crippen LogP contribution >= 0.6 is 15.9 Å². The van der Waals surface area contributed by atoms with Crippen molar-refractivity contribution in [2.24, 2.45) is 23.2 Å². The normalized spacial score (nSPS) is 24.2. The van der Waals surface area contributed by atoms with Gasteiger partial charge in [0.05, 0.1) is 5.41 Å². The Morgan fingerprint density at radius 3 is 2.26 bits per heavy atom. The molecule has 2 aromatic carbocycles. The molecule has 4 atom stereocenters. The van der Waals surface area contributed by atoms with Crippen LogP contribution in [0, 0.1) is 23.2 Å². The molecule has 6 rings (SSSR count). The van der Waals surface area contributed by atoms with Gasteiger partial charge in [0.25, 0.3) is 0 Å². The summed E-state index contributed by atoms with van der Waals surface area (Å²) in [5.41, 5.74) is 14.2. The molecular weight excluding hydrogens is 620 g/mol. The van der Waals surface area contributed by atoms with Crippen molar-refractivity contribution in [2.45, 2.75) is 137 Å². The number of rotatable bonds is 12. The van der Waals surface area contributed by atoms with Gasteiger partial charge in [0, 0.05) is 4.48 Å². The van der Waals surface area contributed by atoms with Gasteiger partial charge in [-0.15, -0.1) is 0 Å². The van der Waals surface area contributed by atoms with E-state index in [1.54, 1.807) is 22.3 Å². The van der Waals surface area contributed by atoms with E-state index >= 15 is 0 Å². The standard InChI is InChI=1S/C45H59Br/c1-9-43(7,26-14-16-30(3)4)32-22-24-34-35-25-23-33(44(8,10-2)27-15-17-31(5)6)29-40(35)45(39(34)28-32)37-19-12-11-18-36(37)42-38(45)20-13-21-41(42)46/h11-12,18-19,21-25,28,30-31,33H,9-10,13-17,20,26-27,29H2,1-8H3. The first-order chi connectivity index (χ1) is 22.0. The summed E-state index contributed by atoms with van der Waals surface area (Å²) < 4.78 is 1.30. The summed E-state index contributed by atoms with van der Waals surface area (Å²) >= 11 is 4.09. The van der Waals surface area contributed by atoms with Gasteiger partial charge in [-0.3, -0.25) is 0 Å². The predicted octanol–water partition coefficient (Wildman–Crippen LogP) is 13.9. The van der Waals surface area contributed by atoms with Crippen LogP contribution in [0.3, 0.4) is 0 Å². The van der Waals surface area contributed by atoms with E-state index < -0.39 is 0 Å². The van der Waals surface area contributed by atoms with E-state index in [2.05, 4.69) is 132 Å². The summed E-state index contributed by atoms with van der Waals surface area (Å²) in [6, 6.07) is 17.2. The summed E-state index contributed by atoms with van der Waals surface area (Å²) in [7, 11) is 0. The fraction of sp³-hybridized carbons (Fsp3) is 0.556. The Kier molecular flexibility index (Phi) is 9.59. The molecule has 4 unspecified atom stereocenters. The Bertz CT molecular complexity index is 1590. The van der Waals surface area contributed by atoms with Gasteiger partial charge in [-0.1, -0.05) is 164 Å². The number of halogens is 1. The van der Waals surface area contributed by atoms with Crippen LogP contribution in [0.5, 0.6) is 0 Å². The highest BCUT2D eigenvalue weighted by Gasteiger charge is 2.55. The van der Waals surface area contributed by atoms with Crippen LogP contribution in [0.25, 0.3) is 11.1 Å². The van der Waals surface area contributed by atoms with Gasteiger partial charge < -0.3 is 0 Å². The van der Waals surface area contributed by atoms with Crippen LogP contribution in [0.4, 0.5) is 0 Å². The highest BCUT2D eigenvalue weighted by atomic mass is 79.9. The first kappa shape index (κ1) is 33.8. The second kappa shape index (κ2) is 13.1. The molecule has 1 spiro atoms. The van der Waals surface area contributed by atoms with Crippen LogP contribution in [-0.2, 0) is 10.8 Å². The zero-order chi connectivity index (χ0) is 32.9. The molecule has 46 heavy (non-hydrogen) atoms. The van der Waals surface area contributed by atoms with Crippen molar-refractivity contribution in [1.82, 2.24) is 0 Å². The molecule has 0 amide bonds. The summed E-state index contributed by atoms with van der Waals surface area (Å²) in [5, 5.41) is 0. The topological polar surface area (TPSA) is 0 Å². The average Bonchev–Trinajstić information content (AvgIpc) is 3.51. The maximum atomic E-state index is 4.09. The SMILES string of the molecule is CCC(C)(CCCC(C)C)c1ccc2c(c1)C1(C3=C2C=CC(C(C)(CC)CCCC(C)C)C3)C2=C(C(Br)=CCC2)c2ccccc21. The smallest absolute Gasteiger partial charge is 0.0652 e. The lowest BCUT2D eigenvalue weighted by molar-refractivity contribution is 0.185. The highest BCUT2D eigenvalue weighted by Crippen LogP contribution is 2.67. The van der Waals surface area contributed by atoms with Gasteiger partial charge in [-0.05, 0) is 117 Å².